The smallest absolute Gasteiger partial charge is 0.335 e. The summed E-state index contributed by atoms with van der Waals surface area (Å²) < 4.78 is 22.6. The summed E-state index contributed by atoms with van der Waals surface area (Å²) in [4.78, 5) is 47.9. The number of hydrogen-bond acceptors (Lipinski definition) is 9. The number of carbonyl (C=O) groups is 4. The van der Waals surface area contributed by atoms with E-state index in [0.29, 0.717) is 5.01 Å². The molecular formula is C20H18N6O7S. The second-order valence-corrected chi connectivity index (χ2v) is 8.61. The predicted octanol–water partition coefficient (Wildman–Crippen LogP) is 1.26. The maximum absolute atomic E-state index is 12.6. The van der Waals surface area contributed by atoms with E-state index in [1.165, 1.54) is 55.5 Å². The van der Waals surface area contributed by atoms with E-state index in [1.807, 2.05) is 0 Å². The van der Waals surface area contributed by atoms with Crippen LogP contribution in [0.2, 0.25) is 0 Å². The number of nitrogens with one attached hydrogen (secondary N) is 1. The van der Waals surface area contributed by atoms with Crippen LogP contribution in [0.25, 0.3) is 0 Å². The second kappa shape index (κ2) is 9.68. The summed E-state index contributed by atoms with van der Waals surface area (Å²) >= 11 is 0. The Kier molecular flexibility index (Phi) is 6.93. The lowest BCUT2D eigenvalue weighted by Gasteiger charge is -2.11. The second-order valence-electron chi connectivity index (χ2n) is 7.05. The first-order valence-electron chi connectivity index (χ1n) is 9.54. The number of carbonyl (C=O) groups excluding carboxylic acids is 3. The van der Waals surface area contributed by atoms with E-state index >= 15 is 0 Å². The van der Waals surface area contributed by atoms with Crippen LogP contribution in [0.4, 0.5) is 11.4 Å². The number of nitrogens with two attached hydrogens (primary N) is 1. The number of primary sulfonamides is 1. The van der Waals surface area contributed by atoms with Crippen molar-refractivity contribution in [2.75, 3.05) is 5.32 Å². The Morgan fingerprint density at radius 1 is 1.12 bits per heavy atom. The summed E-state index contributed by atoms with van der Waals surface area (Å²) in [5.41, 5.74) is 0.719. The topological polar surface area (TPSA) is 201 Å². The molecule has 1 unspecified atom stereocenters. The Hall–Kier alpha value is -4.30. The molecule has 3 rings (SSSR count). The van der Waals surface area contributed by atoms with Crippen molar-refractivity contribution in [1.29, 1.82) is 0 Å². The van der Waals surface area contributed by atoms with Gasteiger partial charge < -0.3 is 10.4 Å². The van der Waals surface area contributed by atoms with E-state index < -0.39 is 46.2 Å². The van der Waals surface area contributed by atoms with Gasteiger partial charge in [0.05, 0.1) is 21.9 Å². The van der Waals surface area contributed by atoms with Gasteiger partial charge in [0, 0.05) is 5.69 Å². The molecule has 0 saturated carbocycles. The third kappa shape index (κ3) is 5.73. The van der Waals surface area contributed by atoms with Gasteiger partial charge in [0.25, 0.3) is 11.8 Å². The normalized spacial score (nSPS) is 15.9. The molecule has 0 aliphatic carbocycles. The monoisotopic (exact) mass is 486 g/mol. The first-order chi connectivity index (χ1) is 16.0. The SMILES string of the molecule is CC1=NN(C(=O)CC(=O)Nc2ccc(C(=O)O)cc2)C(=O)C1N=Nc1ccc(S(N)(=O)=O)cc1. The lowest BCUT2D eigenvalue weighted by molar-refractivity contribution is -0.144. The first kappa shape index (κ1) is 24.3. The summed E-state index contributed by atoms with van der Waals surface area (Å²) in [6.45, 7) is 1.46. The Balaban J connectivity index is 1.61. The van der Waals surface area contributed by atoms with Crippen LogP contribution >= 0.6 is 0 Å². The minimum absolute atomic E-state index is 0.0297. The number of anilines is 1. The lowest BCUT2D eigenvalue weighted by atomic mass is 10.2. The number of sulfonamides is 1. The van der Waals surface area contributed by atoms with E-state index in [4.69, 9.17) is 10.2 Å². The zero-order chi connectivity index (χ0) is 25.0. The van der Waals surface area contributed by atoms with Crippen LogP contribution in [0, 0.1) is 0 Å². The van der Waals surface area contributed by atoms with Crippen molar-refractivity contribution in [2.45, 2.75) is 24.3 Å². The van der Waals surface area contributed by atoms with E-state index in [2.05, 4.69) is 20.6 Å². The third-order valence-electron chi connectivity index (χ3n) is 4.51. The van der Waals surface area contributed by atoms with Gasteiger partial charge in [-0.15, -0.1) is 0 Å². The minimum atomic E-state index is -3.87. The molecule has 34 heavy (non-hydrogen) atoms. The van der Waals surface area contributed by atoms with Crippen molar-refractivity contribution in [3.63, 3.8) is 0 Å². The van der Waals surface area contributed by atoms with Crippen molar-refractivity contribution in [1.82, 2.24) is 5.01 Å². The van der Waals surface area contributed by atoms with Gasteiger partial charge in [-0.3, -0.25) is 14.4 Å². The lowest BCUT2D eigenvalue weighted by Crippen LogP contribution is -2.36. The van der Waals surface area contributed by atoms with Crippen LogP contribution < -0.4 is 10.5 Å². The van der Waals surface area contributed by atoms with Crippen molar-refractivity contribution in [3.8, 4) is 0 Å². The highest BCUT2D eigenvalue weighted by Gasteiger charge is 2.38. The van der Waals surface area contributed by atoms with Crippen LogP contribution in [0.5, 0.6) is 0 Å². The van der Waals surface area contributed by atoms with Crippen LogP contribution in [0.15, 0.2) is 68.8 Å². The molecule has 4 N–H and O–H groups in total. The van der Waals surface area contributed by atoms with Crippen molar-refractivity contribution in [2.24, 2.45) is 20.5 Å². The molecule has 14 heteroatoms. The number of rotatable bonds is 7. The zero-order valence-corrected chi connectivity index (χ0v) is 18.4. The number of hydrazone groups is 1. The first-order valence-corrected chi connectivity index (χ1v) is 11.1. The number of carboxylic acid groups (broad SMARTS) is 1. The van der Waals surface area contributed by atoms with Crippen LogP contribution in [-0.4, -0.2) is 54.0 Å². The van der Waals surface area contributed by atoms with Crippen molar-refractivity contribution < 1.29 is 32.7 Å². The minimum Gasteiger partial charge on any atom is -0.478 e. The van der Waals surface area contributed by atoms with Gasteiger partial charge in [-0.1, -0.05) is 0 Å². The van der Waals surface area contributed by atoms with E-state index in [0.717, 1.165) is 0 Å². The van der Waals surface area contributed by atoms with Gasteiger partial charge in [-0.05, 0) is 55.5 Å². The quantitative estimate of drug-likeness (QED) is 0.386. The molecule has 1 aliphatic rings. The molecule has 3 amide bonds. The predicted molar refractivity (Wildman–Crippen MR) is 118 cm³/mol. The fourth-order valence-electron chi connectivity index (χ4n) is 2.81. The van der Waals surface area contributed by atoms with Crippen LogP contribution in [-0.2, 0) is 24.4 Å². The molecule has 2 aromatic carbocycles. The third-order valence-corrected chi connectivity index (χ3v) is 5.44. The zero-order valence-electron chi connectivity index (χ0n) is 17.6. The van der Waals surface area contributed by atoms with Gasteiger partial charge in [0.15, 0.2) is 6.04 Å². The highest BCUT2D eigenvalue weighted by molar-refractivity contribution is 7.89. The summed E-state index contributed by atoms with van der Waals surface area (Å²) in [7, 11) is -3.87. The molecule has 1 atom stereocenters. The van der Waals surface area contributed by atoms with E-state index in [-0.39, 0.29) is 27.5 Å². The highest BCUT2D eigenvalue weighted by atomic mass is 32.2. The van der Waals surface area contributed by atoms with Gasteiger partial charge in [0.1, 0.15) is 6.42 Å². The number of azo groups is 1. The molecule has 1 aliphatic heterocycles. The number of benzene rings is 2. The maximum Gasteiger partial charge on any atom is 0.335 e. The van der Waals surface area contributed by atoms with E-state index in [9.17, 15) is 27.6 Å². The molecule has 2 aromatic rings. The largest absolute Gasteiger partial charge is 0.478 e. The highest BCUT2D eigenvalue weighted by Crippen LogP contribution is 2.20. The standard InChI is InChI=1S/C20H18N6O7S/c1-11-18(24-23-14-6-8-15(9-7-14)34(21,32)33)19(29)26(25-11)17(28)10-16(27)22-13-4-2-12(3-5-13)20(30)31/h2-9,18H,10H2,1H3,(H,22,27)(H,30,31)(H2,21,32,33). The number of nitrogens with zero attached hydrogens (tertiary/aromatic N) is 4. The fourth-order valence-corrected chi connectivity index (χ4v) is 3.32. The average molecular weight is 486 g/mol. The summed E-state index contributed by atoms with van der Waals surface area (Å²) in [6, 6.07) is 9.24. The summed E-state index contributed by atoms with van der Waals surface area (Å²) in [5.74, 6) is -3.54. The molecule has 0 saturated heterocycles. The maximum atomic E-state index is 12.6. The Morgan fingerprint density at radius 3 is 2.29 bits per heavy atom. The number of carboxylic acids is 1. The van der Waals surface area contributed by atoms with Gasteiger partial charge in [-0.2, -0.15) is 20.3 Å². The Bertz CT molecular complexity index is 1320. The molecule has 0 fully saturated rings. The van der Waals surface area contributed by atoms with Gasteiger partial charge >= 0.3 is 5.97 Å². The van der Waals surface area contributed by atoms with Crippen molar-refractivity contribution in [3.05, 3.63) is 54.1 Å². The number of imide groups is 1. The number of hydrogen-bond donors (Lipinski definition) is 3. The summed E-state index contributed by atoms with van der Waals surface area (Å²) in [6.07, 6.45) is -0.692. The van der Waals surface area contributed by atoms with Crippen molar-refractivity contribution >= 4 is 50.8 Å². The molecular weight excluding hydrogens is 468 g/mol. The Morgan fingerprint density at radius 2 is 1.74 bits per heavy atom. The van der Waals surface area contributed by atoms with Crippen LogP contribution in [0.3, 0.4) is 0 Å². The number of amides is 3. The molecule has 13 nitrogen and oxygen atoms in total. The Labute approximate surface area is 193 Å². The van der Waals surface area contributed by atoms with Crippen LogP contribution in [0.1, 0.15) is 23.7 Å². The summed E-state index contributed by atoms with van der Waals surface area (Å²) in [5, 5.41) is 28.5. The molecule has 0 bridgehead atoms. The fraction of sp³-hybridized carbons (Fsp3) is 0.150. The van der Waals surface area contributed by atoms with Gasteiger partial charge in [0.2, 0.25) is 15.9 Å². The van der Waals surface area contributed by atoms with E-state index in [1.54, 1.807) is 0 Å². The number of aromatic carboxylic acids is 1. The molecule has 0 radical (unpaired) electrons. The molecule has 1 heterocycles. The van der Waals surface area contributed by atoms with Gasteiger partial charge in [-0.25, -0.2) is 18.4 Å². The average Bonchev–Trinajstić information content (AvgIpc) is 3.05. The molecule has 0 aromatic heterocycles. The molecule has 176 valence electrons. The molecule has 0 spiro atoms.